The summed E-state index contributed by atoms with van der Waals surface area (Å²) >= 11 is 0. The molecule has 124 valence electrons. The van der Waals surface area contributed by atoms with Gasteiger partial charge in [-0.15, -0.1) is 12.4 Å². The topological polar surface area (TPSA) is 52.3 Å². The lowest BCUT2D eigenvalue weighted by Gasteiger charge is -2.28. The van der Waals surface area contributed by atoms with Crippen LogP contribution < -0.4 is 5.73 Å². The van der Waals surface area contributed by atoms with Crippen LogP contribution in [0.4, 0.5) is 0 Å². The van der Waals surface area contributed by atoms with Gasteiger partial charge in [0.1, 0.15) is 6.10 Å². The smallest absolute Gasteiger partial charge is 0.160 e. The van der Waals surface area contributed by atoms with Crippen LogP contribution in [0.15, 0.2) is 30.3 Å². The first-order valence-corrected chi connectivity index (χ1v) is 8.08. The predicted octanol–water partition coefficient (Wildman–Crippen LogP) is 3.88. The van der Waals surface area contributed by atoms with Crippen LogP contribution in [0.5, 0.6) is 0 Å². The third-order valence-corrected chi connectivity index (χ3v) is 4.39. The Morgan fingerprint density at radius 1 is 1.23 bits per heavy atom. The molecule has 0 radical (unpaired) electrons. The molecule has 4 heteroatoms. The van der Waals surface area contributed by atoms with Gasteiger partial charge in [-0.25, -0.2) is 0 Å². The van der Waals surface area contributed by atoms with Crippen LogP contribution >= 0.6 is 12.4 Å². The number of hydrogen-bond acceptors (Lipinski definition) is 3. The lowest BCUT2D eigenvalue weighted by molar-refractivity contribution is -0.130. The van der Waals surface area contributed by atoms with E-state index in [0.717, 1.165) is 12.0 Å². The van der Waals surface area contributed by atoms with Gasteiger partial charge in [0.05, 0.1) is 6.61 Å². The van der Waals surface area contributed by atoms with E-state index in [1.165, 1.54) is 32.1 Å². The van der Waals surface area contributed by atoms with E-state index in [9.17, 15) is 4.79 Å². The molecule has 0 spiro atoms. The lowest BCUT2D eigenvalue weighted by atomic mass is 9.83. The van der Waals surface area contributed by atoms with Crippen LogP contribution in [0.25, 0.3) is 0 Å². The second kappa shape index (κ2) is 9.98. The van der Waals surface area contributed by atoms with Crippen molar-refractivity contribution in [3.8, 4) is 0 Å². The first-order valence-electron chi connectivity index (χ1n) is 8.08. The van der Waals surface area contributed by atoms with Crippen molar-refractivity contribution in [1.29, 1.82) is 0 Å². The van der Waals surface area contributed by atoms with Crippen molar-refractivity contribution >= 4 is 18.2 Å². The minimum Gasteiger partial charge on any atom is -0.364 e. The van der Waals surface area contributed by atoms with E-state index in [2.05, 4.69) is 0 Å². The van der Waals surface area contributed by atoms with Gasteiger partial charge in [-0.05, 0) is 24.8 Å². The summed E-state index contributed by atoms with van der Waals surface area (Å²) in [7, 11) is 0. The SMILES string of the molecule is CC(=O)C(OCc1ccccc1)C(N)CC1CCCCC1.Cl. The summed E-state index contributed by atoms with van der Waals surface area (Å²) in [5.74, 6) is 0.699. The zero-order valence-electron chi connectivity index (χ0n) is 13.4. The minimum absolute atomic E-state index is 0. The van der Waals surface area contributed by atoms with Gasteiger partial charge in [-0.3, -0.25) is 4.79 Å². The van der Waals surface area contributed by atoms with Gasteiger partial charge in [0.15, 0.2) is 5.78 Å². The summed E-state index contributed by atoms with van der Waals surface area (Å²) in [5.41, 5.74) is 7.35. The largest absolute Gasteiger partial charge is 0.364 e. The van der Waals surface area contributed by atoms with Gasteiger partial charge < -0.3 is 10.5 Å². The molecule has 1 aromatic carbocycles. The Morgan fingerprint density at radius 3 is 2.45 bits per heavy atom. The maximum absolute atomic E-state index is 11.8. The number of hydrogen-bond donors (Lipinski definition) is 1. The molecule has 0 bridgehead atoms. The van der Waals surface area contributed by atoms with E-state index >= 15 is 0 Å². The van der Waals surface area contributed by atoms with E-state index in [0.29, 0.717) is 12.5 Å². The highest BCUT2D eigenvalue weighted by Gasteiger charge is 2.26. The number of ketones is 1. The number of nitrogens with two attached hydrogens (primary N) is 1. The average Bonchev–Trinajstić information content (AvgIpc) is 2.49. The average molecular weight is 326 g/mol. The molecule has 0 aliphatic heterocycles. The summed E-state index contributed by atoms with van der Waals surface area (Å²) in [6, 6.07) is 9.75. The third-order valence-electron chi connectivity index (χ3n) is 4.39. The van der Waals surface area contributed by atoms with Crippen molar-refractivity contribution in [2.24, 2.45) is 11.7 Å². The Bertz CT molecular complexity index is 432. The number of halogens is 1. The van der Waals surface area contributed by atoms with Gasteiger partial charge in [0, 0.05) is 6.04 Å². The third kappa shape index (κ3) is 6.07. The monoisotopic (exact) mass is 325 g/mol. The molecule has 0 heterocycles. The quantitative estimate of drug-likeness (QED) is 0.827. The molecule has 2 unspecified atom stereocenters. The molecule has 2 rings (SSSR count). The van der Waals surface area contributed by atoms with Crippen molar-refractivity contribution < 1.29 is 9.53 Å². The second-order valence-corrected chi connectivity index (χ2v) is 6.23. The van der Waals surface area contributed by atoms with E-state index in [1.807, 2.05) is 30.3 Å². The molecule has 1 saturated carbocycles. The lowest BCUT2D eigenvalue weighted by Crippen LogP contribution is -2.43. The Hall–Kier alpha value is -0.900. The van der Waals surface area contributed by atoms with Crippen molar-refractivity contribution in [1.82, 2.24) is 0 Å². The molecule has 1 aliphatic rings. The highest BCUT2D eigenvalue weighted by atomic mass is 35.5. The first-order chi connectivity index (χ1) is 10.2. The highest BCUT2D eigenvalue weighted by molar-refractivity contribution is 5.85. The summed E-state index contributed by atoms with van der Waals surface area (Å²) in [4.78, 5) is 11.8. The highest BCUT2D eigenvalue weighted by Crippen LogP contribution is 2.28. The molecule has 1 fully saturated rings. The maximum Gasteiger partial charge on any atom is 0.160 e. The molecule has 0 amide bonds. The molecule has 3 nitrogen and oxygen atoms in total. The predicted molar refractivity (Wildman–Crippen MR) is 92.1 cm³/mol. The van der Waals surface area contributed by atoms with Crippen LogP contribution in [-0.4, -0.2) is 17.9 Å². The van der Waals surface area contributed by atoms with Gasteiger partial charge in [0.25, 0.3) is 0 Å². The maximum atomic E-state index is 11.8. The summed E-state index contributed by atoms with van der Waals surface area (Å²) in [5, 5.41) is 0. The molecule has 0 saturated heterocycles. The van der Waals surface area contributed by atoms with Crippen LogP contribution in [-0.2, 0) is 16.1 Å². The van der Waals surface area contributed by atoms with Gasteiger partial charge in [0.2, 0.25) is 0 Å². The van der Waals surface area contributed by atoms with Gasteiger partial charge in [-0.2, -0.15) is 0 Å². The second-order valence-electron chi connectivity index (χ2n) is 6.23. The van der Waals surface area contributed by atoms with Crippen LogP contribution in [0.2, 0.25) is 0 Å². The van der Waals surface area contributed by atoms with Crippen LogP contribution in [0.3, 0.4) is 0 Å². The first kappa shape index (κ1) is 19.1. The van der Waals surface area contributed by atoms with E-state index in [4.69, 9.17) is 10.5 Å². The van der Waals surface area contributed by atoms with E-state index in [-0.39, 0.29) is 24.2 Å². The zero-order valence-corrected chi connectivity index (χ0v) is 14.2. The Kier molecular flexibility index (Phi) is 8.69. The van der Waals surface area contributed by atoms with Crippen molar-refractivity contribution in [2.45, 2.75) is 64.2 Å². The normalized spacial score (nSPS) is 18.3. The molecule has 2 atom stereocenters. The van der Waals surface area contributed by atoms with Gasteiger partial charge in [-0.1, -0.05) is 62.4 Å². The van der Waals surface area contributed by atoms with Crippen molar-refractivity contribution in [3.05, 3.63) is 35.9 Å². The van der Waals surface area contributed by atoms with Gasteiger partial charge >= 0.3 is 0 Å². The molecule has 2 N–H and O–H groups in total. The molecule has 0 aromatic heterocycles. The number of ether oxygens (including phenoxy) is 1. The fraction of sp³-hybridized carbons (Fsp3) is 0.611. The van der Waals surface area contributed by atoms with E-state index in [1.54, 1.807) is 6.92 Å². The summed E-state index contributed by atoms with van der Waals surface area (Å²) < 4.78 is 5.82. The Labute approximate surface area is 140 Å². The van der Waals surface area contributed by atoms with E-state index < -0.39 is 6.10 Å². The summed E-state index contributed by atoms with van der Waals surface area (Å²) in [6.07, 6.45) is 6.85. The van der Waals surface area contributed by atoms with Crippen molar-refractivity contribution in [3.63, 3.8) is 0 Å². The van der Waals surface area contributed by atoms with Crippen molar-refractivity contribution in [2.75, 3.05) is 0 Å². The number of carbonyl (C=O) groups excluding carboxylic acids is 1. The van der Waals surface area contributed by atoms with Crippen LogP contribution in [0.1, 0.15) is 51.0 Å². The fourth-order valence-corrected chi connectivity index (χ4v) is 3.23. The fourth-order valence-electron chi connectivity index (χ4n) is 3.23. The minimum atomic E-state index is -0.480. The molecular weight excluding hydrogens is 298 g/mol. The Balaban J connectivity index is 0.00000242. The Morgan fingerprint density at radius 2 is 1.86 bits per heavy atom. The molecule has 22 heavy (non-hydrogen) atoms. The van der Waals surface area contributed by atoms with Crippen LogP contribution in [0, 0.1) is 5.92 Å². The number of carbonyl (C=O) groups is 1. The molecule has 1 aromatic rings. The molecule has 1 aliphatic carbocycles. The number of benzene rings is 1. The number of Topliss-reactive ketones (excluding diaryl/α,β-unsaturated/α-hetero) is 1. The summed E-state index contributed by atoms with van der Waals surface area (Å²) in [6.45, 7) is 2.03. The zero-order chi connectivity index (χ0) is 15.1. The molecular formula is C18H28ClNO2. The standard InChI is InChI=1S/C18H27NO2.ClH/c1-14(20)18(21-13-16-10-6-3-7-11-16)17(19)12-15-8-4-2-5-9-15;/h3,6-7,10-11,15,17-18H,2,4-5,8-9,12-13,19H2,1H3;1H. The number of rotatable bonds is 7.